The third kappa shape index (κ3) is 4.08. The van der Waals surface area contributed by atoms with Crippen LogP contribution in [0, 0.1) is 0 Å². The summed E-state index contributed by atoms with van der Waals surface area (Å²) in [6.45, 7) is 2.79. The highest BCUT2D eigenvalue weighted by Gasteiger charge is 2.23. The number of piperidine rings is 1. The smallest absolute Gasteiger partial charge is 0.255 e. The van der Waals surface area contributed by atoms with Crippen molar-refractivity contribution in [2.75, 3.05) is 18.8 Å². The predicted octanol–water partition coefficient (Wildman–Crippen LogP) is 3.32. The molecule has 1 amide bonds. The topological polar surface area (TPSA) is 58.4 Å². The second-order valence-corrected chi connectivity index (χ2v) is 6.64. The molecule has 4 nitrogen and oxygen atoms in total. The minimum atomic E-state index is -0.190. The van der Waals surface area contributed by atoms with Gasteiger partial charge in [0.15, 0.2) is 0 Å². The number of likely N-dealkylation sites (tertiary alicyclic amines) is 1. The molecule has 1 fully saturated rings. The highest BCUT2D eigenvalue weighted by molar-refractivity contribution is 6.34. The number of rotatable bonds is 4. The summed E-state index contributed by atoms with van der Waals surface area (Å²) in [6.07, 6.45) is 2.04. The fraction of sp³-hybridized carbons (Fsp3) is 0.316. The van der Waals surface area contributed by atoms with Crippen LogP contribution >= 0.6 is 11.6 Å². The van der Waals surface area contributed by atoms with Gasteiger partial charge < -0.3 is 11.1 Å². The van der Waals surface area contributed by atoms with Crippen molar-refractivity contribution in [1.82, 2.24) is 10.2 Å². The zero-order valence-corrected chi connectivity index (χ0v) is 14.3. The van der Waals surface area contributed by atoms with Gasteiger partial charge in [0, 0.05) is 24.8 Å². The highest BCUT2D eigenvalue weighted by atomic mass is 35.5. The first-order chi connectivity index (χ1) is 11.6. The number of anilines is 1. The summed E-state index contributed by atoms with van der Waals surface area (Å²) in [5.41, 5.74) is 7.98. The van der Waals surface area contributed by atoms with Crippen LogP contribution in [0.5, 0.6) is 0 Å². The molecule has 1 saturated heterocycles. The van der Waals surface area contributed by atoms with Gasteiger partial charge in [-0.3, -0.25) is 9.69 Å². The largest absolute Gasteiger partial charge is 0.398 e. The van der Waals surface area contributed by atoms with Gasteiger partial charge in [-0.25, -0.2) is 0 Å². The van der Waals surface area contributed by atoms with E-state index in [1.807, 2.05) is 6.07 Å². The minimum absolute atomic E-state index is 0.116. The van der Waals surface area contributed by atoms with Crippen LogP contribution in [0.4, 0.5) is 5.69 Å². The van der Waals surface area contributed by atoms with Crippen molar-refractivity contribution in [3.05, 3.63) is 64.7 Å². The molecular formula is C19H22ClN3O. The summed E-state index contributed by atoms with van der Waals surface area (Å²) >= 11 is 6.13. The summed E-state index contributed by atoms with van der Waals surface area (Å²) < 4.78 is 0. The lowest BCUT2D eigenvalue weighted by Crippen LogP contribution is -2.47. The van der Waals surface area contributed by atoms with Crippen LogP contribution in [-0.2, 0) is 6.54 Å². The van der Waals surface area contributed by atoms with Crippen LogP contribution in [0.2, 0.25) is 5.02 Å². The molecular weight excluding hydrogens is 322 g/mol. The summed E-state index contributed by atoms with van der Waals surface area (Å²) in [5, 5.41) is 3.48. The molecule has 1 heterocycles. The van der Waals surface area contributed by atoms with E-state index in [0.717, 1.165) is 32.5 Å². The van der Waals surface area contributed by atoms with Gasteiger partial charge in [-0.1, -0.05) is 48.0 Å². The van der Waals surface area contributed by atoms with E-state index in [-0.39, 0.29) is 11.9 Å². The van der Waals surface area contributed by atoms with Crippen molar-refractivity contribution in [2.24, 2.45) is 0 Å². The van der Waals surface area contributed by atoms with Gasteiger partial charge in [-0.2, -0.15) is 0 Å². The quantitative estimate of drug-likeness (QED) is 0.837. The Hall–Kier alpha value is -2.04. The van der Waals surface area contributed by atoms with E-state index in [9.17, 15) is 4.79 Å². The Morgan fingerprint density at radius 3 is 2.75 bits per heavy atom. The Kier molecular flexibility index (Phi) is 5.38. The van der Waals surface area contributed by atoms with Crippen LogP contribution < -0.4 is 11.1 Å². The van der Waals surface area contributed by atoms with E-state index < -0.39 is 0 Å². The molecule has 0 saturated carbocycles. The second kappa shape index (κ2) is 7.69. The summed E-state index contributed by atoms with van der Waals surface area (Å²) in [6, 6.07) is 15.6. The molecule has 5 heteroatoms. The average Bonchev–Trinajstić information content (AvgIpc) is 2.56. The van der Waals surface area contributed by atoms with E-state index >= 15 is 0 Å². The monoisotopic (exact) mass is 343 g/mol. The number of nitrogens with zero attached hydrogens (tertiary/aromatic N) is 1. The molecule has 126 valence electrons. The first-order valence-electron chi connectivity index (χ1n) is 8.24. The third-order valence-electron chi connectivity index (χ3n) is 4.36. The van der Waals surface area contributed by atoms with Crippen LogP contribution in [0.25, 0.3) is 0 Å². The van der Waals surface area contributed by atoms with Gasteiger partial charge in [0.1, 0.15) is 0 Å². The first-order valence-corrected chi connectivity index (χ1v) is 8.62. The number of halogens is 1. The molecule has 1 aliphatic rings. The lowest BCUT2D eigenvalue weighted by atomic mass is 10.0. The van der Waals surface area contributed by atoms with Gasteiger partial charge in [0.2, 0.25) is 0 Å². The maximum atomic E-state index is 12.5. The lowest BCUT2D eigenvalue weighted by Gasteiger charge is -2.33. The van der Waals surface area contributed by atoms with E-state index in [0.29, 0.717) is 16.3 Å². The van der Waals surface area contributed by atoms with Crippen LogP contribution in [0.15, 0.2) is 48.5 Å². The van der Waals surface area contributed by atoms with Crippen molar-refractivity contribution < 1.29 is 4.79 Å². The molecule has 2 aromatic carbocycles. The Morgan fingerprint density at radius 2 is 2.00 bits per heavy atom. The van der Waals surface area contributed by atoms with Crippen molar-refractivity contribution in [2.45, 2.75) is 25.4 Å². The molecule has 3 N–H and O–H groups in total. The first kappa shape index (κ1) is 16.8. The van der Waals surface area contributed by atoms with E-state index in [4.69, 9.17) is 17.3 Å². The van der Waals surface area contributed by atoms with Gasteiger partial charge in [-0.05, 0) is 37.1 Å². The van der Waals surface area contributed by atoms with Crippen molar-refractivity contribution in [3.63, 3.8) is 0 Å². The molecule has 0 radical (unpaired) electrons. The molecule has 0 bridgehead atoms. The number of nitrogens with one attached hydrogen (secondary N) is 1. The summed E-state index contributed by atoms with van der Waals surface area (Å²) in [4.78, 5) is 14.9. The van der Waals surface area contributed by atoms with Crippen LogP contribution in [0.1, 0.15) is 28.8 Å². The predicted molar refractivity (Wildman–Crippen MR) is 98.1 cm³/mol. The van der Waals surface area contributed by atoms with Crippen molar-refractivity contribution in [1.29, 1.82) is 0 Å². The number of carbonyl (C=O) groups is 1. The van der Waals surface area contributed by atoms with Gasteiger partial charge in [0.25, 0.3) is 5.91 Å². The zero-order valence-electron chi connectivity index (χ0n) is 13.5. The molecule has 1 unspecified atom stereocenters. The number of benzene rings is 2. The van der Waals surface area contributed by atoms with Gasteiger partial charge in [-0.15, -0.1) is 0 Å². The van der Waals surface area contributed by atoms with E-state index in [1.54, 1.807) is 18.2 Å². The van der Waals surface area contributed by atoms with Crippen molar-refractivity contribution in [3.8, 4) is 0 Å². The number of nitrogen functional groups attached to an aromatic ring is 1. The van der Waals surface area contributed by atoms with Crippen molar-refractivity contribution >= 4 is 23.2 Å². The Labute approximate surface area is 147 Å². The van der Waals surface area contributed by atoms with Crippen LogP contribution in [0.3, 0.4) is 0 Å². The maximum Gasteiger partial charge on any atom is 0.255 e. The zero-order chi connectivity index (χ0) is 16.9. The van der Waals surface area contributed by atoms with E-state index in [2.05, 4.69) is 34.5 Å². The highest BCUT2D eigenvalue weighted by Crippen LogP contribution is 2.22. The summed E-state index contributed by atoms with van der Waals surface area (Å²) in [7, 11) is 0. The molecule has 0 aromatic heterocycles. The normalized spacial score (nSPS) is 18.3. The standard InChI is InChI=1S/C19H22ClN3O/c20-16-9-4-10-17(21)18(16)19(24)22-15-8-5-11-23(13-15)12-14-6-2-1-3-7-14/h1-4,6-7,9-10,15H,5,8,11-13,21H2,(H,22,24). The van der Waals surface area contributed by atoms with Crippen LogP contribution in [-0.4, -0.2) is 29.9 Å². The Bertz CT molecular complexity index is 685. The van der Waals surface area contributed by atoms with Gasteiger partial charge in [0.05, 0.1) is 10.6 Å². The number of hydrogen-bond acceptors (Lipinski definition) is 3. The fourth-order valence-electron chi connectivity index (χ4n) is 3.20. The van der Waals surface area contributed by atoms with E-state index in [1.165, 1.54) is 5.56 Å². The maximum absolute atomic E-state index is 12.5. The minimum Gasteiger partial charge on any atom is -0.398 e. The van der Waals surface area contributed by atoms with Gasteiger partial charge >= 0.3 is 0 Å². The Balaban J connectivity index is 1.62. The number of carbonyl (C=O) groups excluding carboxylic acids is 1. The molecule has 3 rings (SSSR count). The third-order valence-corrected chi connectivity index (χ3v) is 4.68. The Morgan fingerprint density at radius 1 is 1.21 bits per heavy atom. The molecule has 2 aromatic rings. The second-order valence-electron chi connectivity index (χ2n) is 6.24. The number of nitrogens with two attached hydrogens (primary N) is 1. The average molecular weight is 344 g/mol. The molecule has 1 atom stereocenters. The number of amides is 1. The molecule has 1 aliphatic heterocycles. The molecule has 0 aliphatic carbocycles. The molecule has 0 spiro atoms. The summed E-state index contributed by atoms with van der Waals surface area (Å²) in [5.74, 6) is -0.190. The molecule has 24 heavy (non-hydrogen) atoms. The fourth-order valence-corrected chi connectivity index (χ4v) is 3.46. The number of hydrogen-bond donors (Lipinski definition) is 2. The SMILES string of the molecule is Nc1cccc(Cl)c1C(=O)NC1CCCN(Cc2ccccc2)C1. The lowest BCUT2D eigenvalue weighted by molar-refractivity contribution is 0.0902.